The van der Waals surface area contributed by atoms with Gasteiger partial charge in [0.05, 0.1) is 27.7 Å². The molecule has 2 aromatic rings. The van der Waals surface area contributed by atoms with Crippen LogP contribution in [0.4, 0.5) is 0 Å². The average Bonchev–Trinajstić information content (AvgIpc) is 3.04. The molecule has 3 rings (SSSR count). The Kier molecular flexibility index (Phi) is 6.52. The van der Waals surface area contributed by atoms with Crippen LogP contribution in [0.3, 0.4) is 0 Å². The molecule has 1 aromatic heterocycles. The van der Waals surface area contributed by atoms with Crippen LogP contribution in [0.1, 0.15) is 16.8 Å². The Labute approximate surface area is 176 Å². The van der Waals surface area contributed by atoms with Crippen molar-refractivity contribution in [3.8, 4) is 17.2 Å². The van der Waals surface area contributed by atoms with E-state index < -0.39 is 10.0 Å². The summed E-state index contributed by atoms with van der Waals surface area (Å²) in [5, 5.41) is 0.00871. The third kappa shape index (κ3) is 4.21. The molecule has 1 aromatic carbocycles. The molecule has 0 aliphatic carbocycles. The quantitative estimate of drug-likeness (QED) is 0.662. The van der Waals surface area contributed by atoms with Gasteiger partial charge in [-0.15, -0.1) is 0 Å². The number of amides is 1. The minimum atomic E-state index is -3.70. The van der Waals surface area contributed by atoms with Gasteiger partial charge in [-0.25, -0.2) is 13.4 Å². The number of aryl methyl sites for hydroxylation is 1. The lowest BCUT2D eigenvalue weighted by Crippen LogP contribution is -2.37. The Morgan fingerprint density at radius 2 is 1.67 bits per heavy atom. The topological polar surface area (TPSA) is 103 Å². The van der Waals surface area contributed by atoms with E-state index in [1.165, 1.54) is 38.2 Å². The van der Waals surface area contributed by atoms with Gasteiger partial charge in [-0.05, 0) is 18.6 Å². The molecule has 1 aliphatic rings. The highest BCUT2D eigenvalue weighted by Gasteiger charge is 2.30. The highest BCUT2D eigenvalue weighted by atomic mass is 32.2. The minimum Gasteiger partial charge on any atom is -0.493 e. The minimum absolute atomic E-state index is 0.00871. The van der Waals surface area contributed by atoms with Crippen LogP contribution >= 0.6 is 0 Å². The Morgan fingerprint density at radius 1 is 1.00 bits per heavy atom. The largest absolute Gasteiger partial charge is 0.493 e. The molecule has 0 spiro atoms. The third-order valence-corrected chi connectivity index (χ3v) is 6.72. The van der Waals surface area contributed by atoms with Crippen molar-refractivity contribution in [2.24, 2.45) is 7.05 Å². The molecule has 164 valence electrons. The van der Waals surface area contributed by atoms with Gasteiger partial charge in [0.2, 0.25) is 5.75 Å². The number of hydrogen-bond donors (Lipinski definition) is 0. The first-order valence-electron chi connectivity index (χ1n) is 9.39. The summed E-state index contributed by atoms with van der Waals surface area (Å²) in [6.07, 6.45) is 3.44. The number of rotatable bonds is 6. The molecule has 0 bridgehead atoms. The zero-order valence-corrected chi connectivity index (χ0v) is 18.3. The number of carbonyl (C=O) groups excluding carboxylic acids is 1. The molecule has 0 saturated carbocycles. The highest BCUT2D eigenvalue weighted by molar-refractivity contribution is 7.89. The van der Waals surface area contributed by atoms with E-state index in [2.05, 4.69) is 4.98 Å². The summed E-state index contributed by atoms with van der Waals surface area (Å²) < 4.78 is 44.6. The number of methoxy groups -OCH3 is 3. The van der Waals surface area contributed by atoms with Gasteiger partial charge in [0.15, 0.2) is 16.5 Å². The normalized spacial score (nSPS) is 15.5. The highest BCUT2D eigenvalue weighted by Crippen LogP contribution is 2.38. The molecule has 1 amide bonds. The summed E-state index contributed by atoms with van der Waals surface area (Å²) >= 11 is 0. The summed E-state index contributed by atoms with van der Waals surface area (Å²) in [6, 6.07) is 3.19. The lowest BCUT2D eigenvalue weighted by atomic mass is 10.1. The monoisotopic (exact) mass is 438 g/mol. The maximum Gasteiger partial charge on any atom is 0.262 e. The van der Waals surface area contributed by atoms with Gasteiger partial charge in [0.25, 0.3) is 15.9 Å². The second-order valence-corrected chi connectivity index (χ2v) is 8.73. The van der Waals surface area contributed by atoms with Gasteiger partial charge >= 0.3 is 0 Å². The summed E-state index contributed by atoms with van der Waals surface area (Å²) in [7, 11) is 2.47. The second-order valence-electron chi connectivity index (χ2n) is 6.84. The number of ether oxygens (including phenoxy) is 3. The Bertz CT molecular complexity index is 995. The standard InChI is InChI=1S/C19H26N4O6S/c1-21-12-17(20-13-21)30(25,26)23-7-5-6-22(8-9-23)19(24)14-10-15(27-2)18(29-4)16(11-14)28-3/h10-13H,5-9H2,1-4H3. The Morgan fingerprint density at radius 3 is 2.20 bits per heavy atom. The molecular weight excluding hydrogens is 412 g/mol. The predicted molar refractivity (Wildman–Crippen MR) is 109 cm³/mol. The van der Waals surface area contributed by atoms with Crippen LogP contribution in [0.25, 0.3) is 0 Å². The zero-order chi connectivity index (χ0) is 21.9. The van der Waals surface area contributed by atoms with Gasteiger partial charge in [0.1, 0.15) is 0 Å². The molecule has 0 unspecified atom stereocenters. The number of hydrogen-bond acceptors (Lipinski definition) is 7. The van der Waals surface area contributed by atoms with Crippen molar-refractivity contribution >= 4 is 15.9 Å². The van der Waals surface area contributed by atoms with E-state index in [1.54, 1.807) is 28.6 Å². The number of benzene rings is 1. The molecule has 11 heteroatoms. The van der Waals surface area contributed by atoms with Crippen LogP contribution in [0.15, 0.2) is 29.7 Å². The number of carbonyl (C=O) groups is 1. The van der Waals surface area contributed by atoms with Crippen molar-refractivity contribution in [3.05, 3.63) is 30.2 Å². The molecule has 0 atom stereocenters. The number of aromatic nitrogens is 2. The van der Waals surface area contributed by atoms with Crippen molar-refractivity contribution < 1.29 is 27.4 Å². The summed E-state index contributed by atoms with van der Waals surface area (Å²) in [5.74, 6) is 0.940. The average molecular weight is 439 g/mol. The molecule has 1 saturated heterocycles. The van der Waals surface area contributed by atoms with Crippen LogP contribution in [-0.2, 0) is 17.1 Å². The van der Waals surface area contributed by atoms with Crippen molar-refractivity contribution in [2.45, 2.75) is 11.4 Å². The van der Waals surface area contributed by atoms with Crippen LogP contribution in [-0.4, -0.2) is 80.6 Å². The fourth-order valence-corrected chi connectivity index (χ4v) is 4.81. The number of sulfonamides is 1. The fraction of sp³-hybridized carbons (Fsp3) is 0.474. The lowest BCUT2D eigenvalue weighted by molar-refractivity contribution is 0.0763. The molecule has 30 heavy (non-hydrogen) atoms. The van der Waals surface area contributed by atoms with E-state index in [9.17, 15) is 13.2 Å². The van der Waals surface area contributed by atoms with E-state index in [-0.39, 0.29) is 24.0 Å². The van der Waals surface area contributed by atoms with Crippen molar-refractivity contribution in [1.82, 2.24) is 18.8 Å². The molecule has 0 N–H and O–H groups in total. The van der Waals surface area contributed by atoms with Crippen LogP contribution in [0, 0.1) is 0 Å². The van der Waals surface area contributed by atoms with E-state index in [0.29, 0.717) is 42.3 Å². The van der Waals surface area contributed by atoms with E-state index in [0.717, 1.165) is 0 Å². The van der Waals surface area contributed by atoms with Crippen LogP contribution in [0.2, 0.25) is 0 Å². The first-order valence-corrected chi connectivity index (χ1v) is 10.8. The van der Waals surface area contributed by atoms with Gasteiger partial charge in [0, 0.05) is 45.0 Å². The first-order chi connectivity index (χ1) is 14.3. The van der Waals surface area contributed by atoms with Crippen molar-refractivity contribution in [3.63, 3.8) is 0 Å². The Balaban J connectivity index is 1.79. The van der Waals surface area contributed by atoms with Gasteiger partial charge in [-0.3, -0.25) is 4.79 Å². The van der Waals surface area contributed by atoms with Gasteiger partial charge in [-0.1, -0.05) is 0 Å². The fourth-order valence-electron chi connectivity index (χ4n) is 3.38. The van der Waals surface area contributed by atoms with E-state index >= 15 is 0 Å². The number of imidazole rings is 1. The lowest BCUT2D eigenvalue weighted by Gasteiger charge is -2.22. The third-order valence-electron chi connectivity index (χ3n) is 4.94. The van der Waals surface area contributed by atoms with Crippen LogP contribution < -0.4 is 14.2 Å². The zero-order valence-electron chi connectivity index (χ0n) is 17.5. The summed E-state index contributed by atoms with van der Waals surface area (Å²) in [4.78, 5) is 18.7. The van der Waals surface area contributed by atoms with Gasteiger partial charge in [-0.2, -0.15) is 4.31 Å². The summed E-state index contributed by atoms with van der Waals surface area (Å²) in [6.45, 7) is 1.21. The molecule has 10 nitrogen and oxygen atoms in total. The predicted octanol–water partition coefficient (Wildman–Crippen LogP) is 0.983. The number of nitrogens with zero attached hydrogens (tertiary/aromatic N) is 4. The molecule has 2 heterocycles. The van der Waals surface area contributed by atoms with Crippen molar-refractivity contribution in [2.75, 3.05) is 47.5 Å². The molecule has 0 radical (unpaired) electrons. The van der Waals surface area contributed by atoms with Crippen LogP contribution in [0.5, 0.6) is 17.2 Å². The van der Waals surface area contributed by atoms with Gasteiger partial charge < -0.3 is 23.7 Å². The second kappa shape index (κ2) is 8.92. The molecular formula is C19H26N4O6S. The molecule has 1 fully saturated rings. The maximum absolute atomic E-state index is 13.1. The van der Waals surface area contributed by atoms with E-state index in [1.807, 2.05) is 0 Å². The summed E-state index contributed by atoms with van der Waals surface area (Å²) in [5.41, 5.74) is 0.380. The smallest absolute Gasteiger partial charge is 0.262 e. The Hall–Kier alpha value is -2.79. The first kappa shape index (κ1) is 21.9. The van der Waals surface area contributed by atoms with Crippen molar-refractivity contribution in [1.29, 1.82) is 0 Å². The van der Waals surface area contributed by atoms with E-state index in [4.69, 9.17) is 14.2 Å². The SMILES string of the molecule is COc1cc(C(=O)N2CCCN(S(=O)(=O)c3cn(C)cn3)CC2)cc(OC)c1OC. The molecule has 1 aliphatic heterocycles. The maximum atomic E-state index is 13.1.